The molecule has 0 aliphatic heterocycles. The van der Waals surface area contributed by atoms with E-state index in [0.29, 0.717) is 11.1 Å². The number of rotatable bonds is 4. The molecule has 0 saturated heterocycles. The Balaban J connectivity index is 2.37. The molecule has 0 N–H and O–H groups in total. The first-order valence-electron chi connectivity index (χ1n) is 7.40. The van der Waals surface area contributed by atoms with E-state index in [9.17, 15) is 20.2 Å². The molecule has 0 aromatic heterocycles. The van der Waals surface area contributed by atoms with Gasteiger partial charge >= 0.3 is 0 Å². The Kier molecular flexibility index (Phi) is 3.75. The zero-order valence-corrected chi connectivity index (χ0v) is 13.1. The first-order chi connectivity index (χ1) is 11.9. The summed E-state index contributed by atoms with van der Waals surface area (Å²) in [6.07, 6.45) is 11.5. The summed E-state index contributed by atoms with van der Waals surface area (Å²) in [5, 5.41) is 22.4. The topological polar surface area (TPSA) is 86.3 Å². The van der Waals surface area contributed by atoms with Crippen LogP contribution in [0.2, 0.25) is 0 Å². The Hall–Kier alpha value is -3.64. The molecule has 0 radical (unpaired) electrons. The van der Waals surface area contributed by atoms with Crippen LogP contribution in [0.5, 0.6) is 0 Å². The van der Waals surface area contributed by atoms with Crippen molar-refractivity contribution in [3.63, 3.8) is 0 Å². The molecular weight excluding hydrogens is 320 g/mol. The quantitative estimate of drug-likeness (QED) is 0.484. The van der Waals surface area contributed by atoms with Gasteiger partial charge in [0.15, 0.2) is 0 Å². The van der Waals surface area contributed by atoms with Gasteiger partial charge in [-0.1, -0.05) is 0 Å². The maximum atomic E-state index is 11.2. The number of terminal acetylenes is 2. The number of non-ortho nitro benzene ring substituents is 2. The van der Waals surface area contributed by atoms with Crippen molar-refractivity contribution in [2.75, 3.05) is 0 Å². The number of nitro groups is 2. The Morgan fingerprint density at radius 3 is 1.56 bits per heavy atom. The first kappa shape index (κ1) is 16.2. The minimum absolute atomic E-state index is 0.0699. The maximum absolute atomic E-state index is 11.2. The molecule has 1 aliphatic carbocycles. The monoisotopic (exact) mass is 332 g/mol. The van der Waals surface area contributed by atoms with Gasteiger partial charge in [-0.05, 0) is 34.4 Å². The van der Waals surface area contributed by atoms with Gasteiger partial charge in [0.05, 0.1) is 9.85 Å². The lowest BCUT2D eigenvalue weighted by Crippen LogP contribution is -2.24. The van der Waals surface area contributed by atoms with Crippen LogP contribution in [-0.4, -0.2) is 9.85 Å². The molecule has 2 aromatic carbocycles. The zero-order chi connectivity index (χ0) is 18.2. The van der Waals surface area contributed by atoms with Gasteiger partial charge in [-0.25, -0.2) is 0 Å². The molecule has 0 bridgehead atoms. The second-order valence-corrected chi connectivity index (χ2v) is 5.82. The van der Waals surface area contributed by atoms with Crippen LogP contribution in [-0.2, 0) is 5.41 Å². The summed E-state index contributed by atoms with van der Waals surface area (Å²) in [6, 6.07) is 9.04. The number of hydrogen-bond acceptors (Lipinski definition) is 4. The van der Waals surface area contributed by atoms with E-state index in [4.69, 9.17) is 12.8 Å². The normalized spacial score (nSPS) is 13.2. The molecule has 0 heterocycles. The van der Waals surface area contributed by atoms with Crippen LogP contribution in [0.15, 0.2) is 36.4 Å². The minimum atomic E-state index is -0.869. The van der Waals surface area contributed by atoms with Gasteiger partial charge in [0.2, 0.25) is 0 Å². The summed E-state index contributed by atoms with van der Waals surface area (Å²) in [7, 11) is 0. The lowest BCUT2D eigenvalue weighted by molar-refractivity contribution is -0.385. The van der Waals surface area contributed by atoms with Crippen molar-refractivity contribution in [1.82, 2.24) is 0 Å². The van der Waals surface area contributed by atoms with E-state index in [1.165, 1.54) is 24.3 Å². The molecule has 0 amide bonds. The van der Waals surface area contributed by atoms with Crippen LogP contribution in [0.1, 0.15) is 24.0 Å². The lowest BCUT2D eigenvalue weighted by atomic mass is 9.73. The molecule has 1 aliphatic rings. The van der Waals surface area contributed by atoms with Crippen LogP contribution in [0.3, 0.4) is 0 Å². The smallest absolute Gasteiger partial charge is 0.258 e. The summed E-state index contributed by atoms with van der Waals surface area (Å²) < 4.78 is 0. The fraction of sp³-hybridized carbons (Fsp3) is 0.158. The Morgan fingerprint density at radius 1 is 0.840 bits per heavy atom. The molecule has 0 atom stereocenters. The van der Waals surface area contributed by atoms with Gasteiger partial charge in [-0.15, -0.1) is 24.7 Å². The molecule has 122 valence electrons. The van der Waals surface area contributed by atoms with Crippen molar-refractivity contribution < 1.29 is 9.85 Å². The molecule has 0 spiro atoms. The minimum Gasteiger partial charge on any atom is -0.258 e. The van der Waals surface area contributed by atoms with Crippen LogP contribution in [0.25, 0.3) is 11.1 Å². The maximum Gasteiger partial charge on any atom is 0.269 e. The fourth-order valence-electron chi connectivity index (χ4n) is 3.49. The number of nitrogens with zero attached hydrogens (tertiary/aromatic N) is 2. The van der Waals surface area contributed by atoms with Crippen LogP contribution >= 0.6 is 0 Å². The summed E-state index contributed by atoms with van der Waals surface area (Å²) in [4.78, 5) is 21.4. The zero-order valence-electron chi connectivity index (χ0n) is 13.1. The molecule has 25 heavy (non-hydrogen) atoms. The third-order valence-electron chi connectivity index (χ3n) is 4.56. The predicted octanol–water partition coefficient (Wildman–Crippen LogP) is 3.82. The van der Waals surface area contributed by atoms with Gasteiger partial charge in [0.25, 0.3) is 11.4 Å². The molecule has 6 nitrogen and oxygen atoms in total. The predicted molar refractivity (Wildman–Crippen MR) is 92.9 cm³/mol. The molecule has 3 rings (SSSR count). The standard InChI is InChI=1S/C19H12N2O4/c1-3-9-19(10-4-2)17-11-13(20(22)23)5-7-15(17)16-8-6-14(21(24)25)12-18(16)19/h1-2,5-8,11-12H,9-10H2. The van der Waals surface area contributed by atoms with E-state index >= 15 is 0 Å². The van der Waals surface area contributed by atoms with Gasteiger partial charge in [0, 0.05) is 42.5 Å². The molecule has 2 aromatic rings. The van der Waals surface area contributed by atoms with E-state index in [1.54, 1.807) is 12.1 Å². The number of nitro benzene ring substituents is 2. The third kappa shape index (κ3) is 2.32. The fourth-order valence-corrected chi connectivity index (χ4v) is 3.49. The van der Waals surface area contributed by atoms with Crippen molar-refractivity contribution >= 4 is 11.4 Å². The van der Waals surface area contributed by atoms with E-state index < -0.39 is 15.3 Å². The van der Waals surface area contributed by atoms with Gasteiger partial charge < -0.3 is 0 Å². The summed E-state index contributed by atoms with van der Waals surface area (Å²) in [6.45, 7) is 0. The second-order valence-electron chi connectivity index (χ2n) is 5.82. The average molecular weight is 332 g/mol. The van der Waals surface area contributed by atoms with Crippen LogP contribution in [0, 0.1) is 44.9 Å². The Bertz CT molecular complexity index is 914. The molecule has 0 saturated carbocycles. The highest BCUT2D eigenvalue weighted by Gasteiger charge is 2.44. The Morgan fingerprint density at radius 2 is 1.24 bits per heavy atom. The van der Waals surface area contributed by atoms with E-state index in [0.717, 1.165) is 11.1 Å². The number of benzene rings is 2. The Labute approximate surface area is 143 Å². The van der Waals surface area contributed by atoms with Crippen molar-refractivity contribution in [2.45, 2.75) is 18.3 Å². The van der Waals surface area contributed by atoms with Crippen LogP contribution in [0.4, 0.5) is 11.4 Å². The number of hydrogen-bond donors (Lipinski definition) is 0. The van der Waals surface area contributed by atoms with Gasteiger partial charge in [0.1, 0.15) is 0 Å². The van der Waals surface area contributed by atoms with Crippen molar-refractivity contribution in [3.8, 4) is 35.8 Å². The highest BCUT2D eigenvalue weighted by molar-refractivity contribution is 5.83. The summed E-state index contributed by atoms with van der Waals surface area (Å²) in [5.41, 5.74) is 1.81. The van der Waals surface area contributed by atoms with Crippen molar-refractivity contribution in [1.29, 1.82) is 0 Å². The van der Waals surface area contributed by atoms with Crippen molar-refractivity contribution in [3.05, 3.63) is 67.8 Å². The first-order valence-corrected chi connectivity index (χ1v) is 7.40. The van der Waals surface area contributed by atoms with E-state index in [-0.39, 0.29) is 24.2 Å². The molecule has 0 unspecified atom stereocenters. The van der Waals surface area contributed by atoms with E-state index in [2.05, 4.69) is 11.8 Å². The molecule has 0 fully saturated rings. The molecule has 6 heteroatoms. The van der Waals surface area contributed by atoms with Crippen molar-refractivity contribution in [2.24, 2.45) is 0 Å². The van der Waals surface area contributed by atoms with Gasteiger partial charge in [-0.3, -0.25) is 20.2 Å². The lowest BCUT2D eigenvalue weighted by Gasteiger charge is -2.27. The second kappa shape index (κ2) is 5.77. The largest absolute Gasteiger partial charge is 0.269 e. The number of fused-ring (bicyclic) bond motifs is 3. The highest BCUT2D eigenvalue weighted by Crippen LogP contribution is 2.54. The van der Waals surface area contributed by atoms with Crippen LogP contribution < -0.4 is 0 Å². The molecular formula is C19H12N2O4. The SMILES string of the molecule is C#CCC1(CC#C)c2cc([N+](=O)[O-])ccc2-c2ccc([N+](=O)[O-])cc21. The third-order valence-corrected chi connectivity index (χ3v) is 4.56. The summed E-state index contributed by atoms with van der Waals surface area (Å²) >= 11 is 0. The average Bonchev–Trinajstić information content (AvgIpc) is 2.85. The summed E-state index contributed by atoms with van der Waals surface area (Å²) in [5.74, 6) is 5.16. The van der Waals surface area contributed by atoms with E-state index in [1.807, 2.05) is 0 Å². The van der Waals surface area contributed by atoms with Gasteiger partial charge in [-0.2, -0.15) is 0 Å². The highest BCUT2D eigenvalue weighted by atomic mass is 16.6.